The van der Waals surface area contributed by atoms with E-state index >= 15 is 0 Å². The van der Waals surface area contributed by atoms with Crippen LogP contribution in [0.2, 0.25) is 0 Å². The Morgan fingerprint density at radius 3 is 2.59 bits per heavy atom. The van der Waals surface area contributed by atoms with Gasteiger partial charge < -0.3 is 5.73 Å². The maximum absolute atomic E-state index is 5.92. The molecule has 1 atom stereocenters. The molecule has 1 heteroatoms. The Hall–Kier alpha value is -1.60. The Bertz CT molecular complexity index is 569. The van der Waals surface area contributed by atoms with Gasteiger partial charge in [-0.1, -0.05) is 42.5 Å². The summed E-state index contributed by atoms with van der Waals surface area (Å²) in [7, 11) is 0. The molecular weight excluding hydrogens is 206 g/mol. The Morgan fingerprint density at radius 2 is 1.82 bits per heavy atom. The largest absolute Gasteiger partial charge is 0.327 e. The number of rotatable bonds is 1. The van der Waals surface area contributed by atoms with Gasteiger partial charge in [-0.05, 0) is 47.2 Å². The van der Waals surface area contributed by atoms with E-state index in [2.05, 4.69) is 48.5 Å². The van der Waals surface area contributed by atoms with Crippen LogP contribution < -0.4 is 5.73 Å². The molecule has 0 aromatic heterocycles. The van der Waals surface area contributed by atoms with E-state index in [0.29, 0.717) is 6.04 Å². The molecule has 17 heavy (non-hydrogen) atoms. The molecule has 0 heterocycles. The van der Waals surface area contributed by atoms with Crippen molar-refractivity contribution in [3.05, 3.63) is 54.1 Å². The maximum atomic E-state index is 5.92. The lowest BCUT2D eigenvalue weighted by molar-refractivity contribution is 0.614. The fourth-order valence-electron chi connectivity index (χ4n) is 2.51. The number of benzene rings is 2. The summed E-state index contributed by atoms with van der Waals surface area (Å²) in [6, 6.07) is 15.6. The van der Waals surface area contributed by atoms with Crippen molar-refractivity contribution < 1.29 is 0 Å². The first kappa shape index (κ1) is 10.5. The first-order valence-corrected chi connectivity index (χ1v) is 6.27. The molecule has 0 radical (unpaired) electrons. The van der Waals surface area contributed by atoms with E-state index in [0.717, 1.165) is 19.3 Å². The first-order valence-electron chi connectivity index (χ1n) is 6.27. The summed E-state index contributed by atoms with van der Waals surface area (Å²) in [6.45, 7) is 0. The highest BCUT2D eigenvalue weighted by Gasteiger charge is 2.11. The van der Waals surface area contributed by atoms with E-state index in [4.69, 9.17) is 5.73 Å². The molecule has 0 bridgehead atoms. The lowest BCUT2D eigenvalue weighted by Gasteiger charge is -2.18. The van der Waals surface area contributed by atoms with Crippen LogP contribution in [-0.4, -0.2) is 6.04 Å². The van der Waals surface area contributed by atoms with Crippen molar-refractivity contribution in [2.24, 2.45) is 5.73 Å². The minimum atomic E-state index is 0.360. The molecule has 0 amide bonds. The second-order valence-electron chi connectivity index (χ2n) is 4.83. The van der Waals surface area contributed by atoms with E-state index in [1.54, 1.807) is 0 Å². The summed E-state index contributed by atoms with van der Waals surface area (Å²) in [5.74, 6) is 0. The van der Waals surface area contributed by atoms with Gasteiger partial charge in [-0.25, -0.2) is 0 Å². The van der Waals surface area contributed by atoms with Gasteiger partial charge in [0.25, 0.3) is 0 Å². The van der Waals surface area contributed by atoms with Crippen molar-refractivity contribution in [1.29, 1.82) is 0 Å². The van der Waals surface area contributed by atoms with Crippen LogP contribution in [0.15, 0.2) is 48.5 Å². The molecule has 1 unspecified atom stereocenters. The van der Waals surface area contributed by atoms with Crippen LogP contribution >= 0.6 is 0 Å². The molecule has 1 aliphatic rings. The van der Waals surface area contributed by atoms with Gasteiger partial charge in [-0.2, -0.15) is 0 Å². The summed E-state index contributed by atoms with van der Waals surface area (Å²) >= 11 is 0. The van der Waals surface area contributed by atoms with Crippen molar-refractivity contribution in [2.75, 3.05) is 0 Å². The summed E-state index contributed by atoms with van der Waals surface area (Å²) in [6.07, 6.45) is 5.54. The zero-order chi connectivity index (χ0) is 11.7. The van der Waals surface area contributed by atoms with Crippen molar-refractivity contribution in [1.82, 2.24) is 0 Å². The normalized spacial score (nSPS) is 20.3. The molecule has 86 valence electrons. The number of hydrogen-bond acceptors (Lipinski definition) is 1. The zero-order valence-electron chi connectivity index (χ0n) is 9.89. The van der Waals surface area contributed by atoms with Gasteiger partial charge >= 0.3 is 0 Å². The monoisotopic (exact) mass is 223 g/mol. The molecule has 0 aliphatic heterocycles. The molecule has 1 nitrogen and oxygen atoms in total. The highest BCUT2D eigenvalue weighted by Crippen LogP contribution is 2.28. The minimum absolute atomic E-state index is 0.360. The fraction of sp³-hybridized carbons (Fsp3) is 0.250. The number of hydrogen-bond donors (Lipinski definition) is 1. The standard InChI is InChI=1S/C16H17N/c17-16-9-7-13(8-10-16)15-6-5-12-3-1-2-4-14(12)11-15/h1-7,11,16H,8-10,17H2. The molecule has 1 aliphatic carbocycles. The predicted octanol–water partition coefficient (Wildman–Crippen LogP) is 3.73. The van der Waals surface area contributed by atoms with Gasteiger partial charge in [0.15, 0.2) is 0 Å². The molecule has 2 aromatic rings. The van der Waals surface area contributed by atoms with Crippen molar-refractivity contribution >= 4 is 16.3 Å². The first-order chi connectivity index (χ1) is 8.33. The molecule has 0 fully saturated rings. The summed E-state index contributed by atoms with van der Waals surface area (Å²) in [5.41, 5.74) is 8.73. The van der Waals surface area contributed by atoms with Crippen LogP contribution in [0.25, 0.3) is 16.3 Å². The Morgan fingerprint density at radius 1 is 1.00 bits per heavy atom. The Balaban J connectivity index is 2.01. The van der Waals surface area contributed by atoms with Crippen LogP contribution in [0.5, 0.6) is 0 Å². The van der Waals surface area contributed by atoms with Crippen LogP contribution in [0.4, 0.5) is 0 Å². The smallest absolute Gasteiger partial charge is 0.00767 e. The van der Waals surface area contributed by atoms with E-state index in [-0.39, 0.29) is 0 Å². The van der Waals surface area contributed by atoms with Gasteiger partial charge in [0, 0.05) is 6.04 Å². The van der Waals surface area contributed by atoms with E-state index in [1.165, 1.54) is 21.9 Å². The van der Waals surface area contributed by atoms with Crippen LogP contribution in [0.3, 0.4) is 0 Å². The number of nitrogens with two attached hydrogens (primary N) is 1. The fourth-order valence-corrected chi connectivity index (χ4v) is 2.51. The van der Waals surface area contributed by atoms with E-state index in [1.807, 2.05) is 0 Å². The van der Waals surface area contributed by atoms with Crippen LogP contribution in [-0.2, 0) is 0 Å². The van der Waals surface area contributed by atoms with Crippen molar-refractivity contribution in [3.63, 3.8) is 0 Å². The third-order valence-corrected chi connectivity index (χ3v) is 3.57. The van der Waals surface area contributed by atoms with E-state index in [9.17, 15) is 0 Å². The summed E-state index contributed by atoms with van der Waals surface area (Å²) < 4.78 is 0. The van der Waals surface area contributed by atoms with Crippen molar-refractivity contribution in [2.45, 2.75) is 25.3 Å². The lowest BCUT2D eigenvalue weighted by atomic mass is 9.90. The average molecular weight is 223 g/mol. The second-order valence-corrected chi connectivity index (χ2v) is 4.83. The molecule has 0 spiro atoms. The third kappa shape index (κ3) is 2.11. The lowest BCUT2D eigenvalue weighted by Crippen LogP contribution is -2.21. The van der Waals surface area contributed by atoms with Gasteiger partial charge in [0.1, 0.15) is 0 Å². The SMILES string of the molecule is NC1CC=C(c2ccc3ccccc3c2)CC1. The summed E-state index contributed by atoms with van der Waals surface area (Å²) in [5, 5.41) is 2.63. The second kappa shape index (κ2) is 4.34. The average Bonchev–Trinajstić information content (AvgIpc) is 2.39. The quantitative estimate of drug-likeness (QED) is 0.783. The highest BCUT2D eigenvalue weighted by atomic mass is 14.6. The Kier molecular flexibility index (Phi) is 2.69. The van der Waals surface area contributed by atoms with Crippen LogP contribution in [0.1, 0.15) is 24.8 Å². The van der Waals surface area contributed by atoms with Gasteiger partial charge in [-0.15, -0.1) is 0 Å². The number of fused-ring (bicyclic) bond motifs is 1. The maximum Gasteiger partial charge on any atom is 0.00767 e. The third-order valence-electron chi connectivity index (χ3n) is 3.57. The van der Waals surface area contributed by atoms with E-state index < -0.39 is 0 Å². The van der Waals surface area contributed by atoms with Gasteiger partial charge in [0.05, 0.1) is 0 Å². The molecule has 2 N–H and O–H groups in total. The molecule has 0 saturated carbocycles. The van der Waals surface area contributed by atoms with Gasteiger partial charge in [0.2, 0.25) is 0 Å². The summed E-state index contributed by atoms with van der Waals surface area (Å²) in [4.78, 5) is 0. The zero-order valence-corrected chi connectivity index (χ0v) is 9.89. The molecular formula is C16H17N. The van der Waals surface area contributed by atoms with Crippen molar-refractivity contribution in [3.8, 4) is 0 Å². The molecule has 3 rings (SSSR count). The molecule has 0 saturated heterocycles. The number of allylic oxidation sites excluding steroid dienone is 1. The highest BCUT2D eigenvalue weighted by molar-refractivity contribution is 5.86. The molecule has 2 aromatic carbocycles. The minimum Gasteiger partial charge on any atom is -0.327 e. The predicted molar refractivity (Wildman–Crippen MR) is 73.8 cm³/mol. The topological polar surface area (TPSA) is 26.0 Å². The van der Waals surface area contributed by atoms with Gasteiger partial charge in [-0.3, -0.25) is 0 Å². The van der Waals surface area contributed by atoms with Crippen LogP contribution in [0, 0.1) is 0 Å². The Labute approximate surface area is 102 Å².